The number of aromatic amines is 1. The van der Waals surface area contributed by atoms with Crippen molar-refractivity contribution in [2.45, 2.75) is 47.0 Å². The molecule has 1 atom stereocenters. The molecule has 6 heteroatoms. The maximum atomic E-state index is 12.1. The Morgan fingerprint density at radius 3 is 2.76 bits per heavy atom. The molecule has 2 heterocycles. The standard InChI is InChI=1S/C19H28N2O3S/c1-5-12(4)11-21-9-8-13(18(21)25)14-10-15(19(23)24-7-3)20-17(14)16(22)6-2/h10,12,20,22H,5-9,11H2,1-4H3. The van der Waals surface area contributed by atoms with Gasteiger partial charge in [-0.3, -0.25) is 0 Å². The van der Waals surface area contributed by atoms with Gasteiger partial charge in [-0.05, 0) is 30.9 Å². The molecule has 138 valence electrons. The van der Waals surface area contributed by atoms with E-state index in [4.69, 9.17) is 17.0 Å². The van der Waals surface area contributed by atoms with Crippen LogP contribution in [0.25, 0.3) is 11.3 Å². The van der Waals surface area contributed by atoms with E-state index in [1.165, 1.54) is 0 Å². The SMILES string of the molecule is CCOC(=O)c1cc(=C2CCN(CC(C)CC)C2=S)c(=C(O)CC)[nH]1. The molecule has 0 aliphatic carbocycles. The third kappa shape index (κ3) is 4.24. The summed E-state index contributed by atoms with van der Waals surface area (Å²) in [5.41, 5.74) is 1.36. The van der Waals surface area contributed by atoms with Gasteiger partial charge in [-0.25, -0.2) is 4.79 Å². The lowest BCUT2D eigenvalue weighted by Gasteiger charge is -2.21. The van der Waals surface area contributed by atoms with E-state index < -0.39 is 5.97 Å². The summed E-state index contributed by atoms with van der Waals surface area (Å²) in [6.45, 7) is 10.2. The molecule has 2 rings (SSSR count). The number of esters is 1. The highest BCUT2D eigenvalue weighted by molar-refractivity contribution is 7.81. The number of aromatic nitrogens is 1. The van der Waals surface area contributed by atoms with E-state index >= 15 is 0 Å². The number of thiocarbonyl (C=S) groups is 1. The number of nitrogens with one attached hydrogen (secondary N) is 1. The van der Waals surface area contributed by atoms with Crippen molar-refractivity contribution < 1.29 is 14.6 Å². The first kappa shape index (κ1) is 19.5. The molecule has 0 radical (unpaired) electrons. The van der Waals surface area contributed by atoms with E-state index in [0.29, 0.717) is 30.0 Å². The van der Waals surface area contributed by atoms with Crippen molar-refractivity contribution in [3.63, 3.8) is 0 Å². The fourth-order valence-electron chi connectivity index (χ4n) is 2.99. The van der Waals surface area contributed by atoms with Gasteiger partial charge in [-0.2, -0.15) is 0 Å². The predicted molar refractivity (Wildman–Crippen MR) is 104 cm³/mol. The van der Waals surface area contributed by atoms with E-state index in [9.17, 15) is 9.90 Å². The topological polar surface area (TPSA) is 65.6 Å². The van der Waals surface area contributed by atoms with Crippen molar-refractivity contribution >= 4 is 34.5 Å². The molecule has 0 spiro atoms. The number of aliphatic hydroxyl groups is 1. The molecule has 0 bridgehead atoms. The first-order chi connectivity index (χ1) is 11.9. The summed E-state index contributed by atoms with van der Waals surface area (Å²) in [5.74, 6) is 0.384. The van der Waals surface area contributed by atoms with Crippen molar-refractivity contribution in [3.8, 4) is 0 Å². The van der Waals surface area contributed by atoms with Crippen LogP contribution in [0.5, 0.6) is 0 Å². The molecular formula is C19H28N2O3S. The van der Waals surface area contributed by atoms with Crippen LogP contribution in [0.3, 0.4) is 0 Å². The summed E-state index contributed by atoms with van der Waals surface area (Å²) >= 11 is 5.69. The van der Waals surface area contributed by atoms with Crippen LogP contribution in [0.15, 0.2) is 6.07 Å². The maximum Gasteiger partial charge on any atom is 0.354 e. The van der Waals surface area contributed by atoms with E-state index in [-0.39, 0.29) is 5.76 Å². The van der Waals surface area contributed by atoms with E-state index in [1.54, 1.807) is 13.0 Å². The molecule has 1 fully saturated rings. The van der Waals surface area contributed by atoms with Gasteiger partial charge in [-0.1, -0.05) is 39.4 Å². The molecule has 25 heavy (non-hydrogen) atoms. The van der Waals surface area contributed by atoms with E-state index in [0.717, 1.165) is 41.7 Å². The second-order valence-corrected chi connectivity index (χ2v) is 6.87. The summed E-state index contributed by atoms with van der Waals surface area (Å²) in [4.78, 5) is 18.1. The second kappa shape index (κ2) is 8.52. The van der Waals surface area contributed by atoms with Crippen LogP contribution >= 0.6 is 12.2 Å². The number of ether oxygens (including phenoxy) is 1. The summed E-state index contributed by atoms with van der Waals surface area (Å²) in [5, 5.41) is 11.7. The second-order valence-electron chi connectivity index (χ2n) is 6.49. The highest BCUT2D eigenvalue weighted by Gasteiger charge is 2.25. The number of nitrogens with zero attached hydrogens (tertiary/aromatic N) is 1. The van der Waals surface area contributed by atoms with Crippen LogP contribution in [-0.4, -0.2) is 45.6 Å². The zero-order valence-corrected chi connectivity index (χ0v) is 16.3. The largest absolute Gasteiger partial charge is 0.510 e. The number of hydrogen-bond acceptors (Lipinski definition) is 4. The van der Waals surface area contributed by atoms with Gasteiger partial charge in [-0.15, -0.1) is 0 Å². The zero-order chi connectivity index (χ0) is 18.6. The number of aliphatic hydroxyl groups excluding tert-OH is 1. The van der Waals surface area contributed by atoms with Crippen LogP contribution in [0, 0.1) is 5.92 Å². The third-order valence-corrected chi connectivity index (χ3v) is 5.17. The minimum Gasteiger partial charge on any atom is -0.510 e. The highest BCUT2D eigenvalue weighted by atomic mass is 32.1. The minimum atomic E-state index is -0.417. The van der Waals surface area contributed by atoms with Gasteiger partial charge in [0.2, 0.25) is 0 Å². The Labute approximate surface area is 154 Å². The van der Waals surface area contributed by atoms with Gasteiger partial charge in [0.05, 0.1) is 12.0 Å². The number of H-pyrrole nitrogens is 1. The number of carbonyl (C=O) groups excluding carboxylic acids is 1. The van der Waals surface area contributed by atoms with Gasteiger partial charge in [0.1, 0.15) is 16.4 Å². The molecular weight excluding hydrogens is 336 g/mol. The molecule has 0 aromatic carbocycles. The lowest BCUT2D eigenvalue weighted by atomic mass is 10.1. The van der Waals surface area contributed by atoms with Crippen LogP contribution in [0.4, 0.5) is 0 Å². The van der Waals surface area contributed by atoms with Crippen molar-refractivity contribution in [2.75, 3.05) is 19.7 Å². The van der Waals surface area contributed by atoms with Crippen LogP contribution in [0.2, 0.25) is 0 Å². The maximum absolute atomic E-state index is 12.1. The quantitative estimate of drug-likeness (QED) is 0.600. The Morgan fingerprint density at radius 1 is 1.44 bits per heavy atom. The lowest BCUT2D eigenvalue weighted by Crippen LogP contribution is -2.32. The fraction of sp³-hybridized carbons (Fsp3) is 0.579. The van der Waals surface area contributed by atoms with E-state index in [2.05, 4.69) is 23.7 Å². The Bertz CT molecular complexity index is 766. The molecule has 5 nitrogen and oxygen atoms in total. The molecule has 1 unspecified atom stereocenters. The summed E-state index contributed by atoms with van der Waals surface area (Å²) in [7, 11) is 0. The molecule has 2 N–H and O–H groups in total. The summed E-state index contributed by atoms with van der Waals surface area (Å²) in [6.07, 6.45) is 2.41. The molecule has 1 aromatic heterocycles. The molecule has 1 aliphatic heterocycles. The summed E-state index contributed by atoms with van der Waals surface area (Å²) < 4.78 is 5.07. The average Bonchev–Trinajstić information content (AvgIpc) is 3.19. The van der Waals surface area contributed by atoms with Gasteiger partial charge in [0.25, 0.3) is 0 Å². The van der Waals surface area contributed by atoms with Crippen molar-refractivity contribution in [1.29, 1.82) is 0 Å². The van der Waals surface area contributed by atoms with Gasteiger partial charge in [0.15, 0.2) is 0 Å². The lowest BCUT2D eigenvalue weighted by molar-refractivity contribution is 0.0520. The normalized spacial score (nSPS) is 19.2. The third-order valence-electron chi connectivity index (χ3n) is 4.67. The Kier molecular flexibility index (Phi) is 6.64. The number of rotatable bonds is 6. The molecule has 0 saturated carbocycles. The van der Waals surface area contributed by atoms with Gasteiger partial charge >= 0.3 is 5.97 Å². The molecule has 1 saturated heterocycles. The molecule has 1 aliphatic rings. The number of carbonyl (C=O) groups is 1. The molecule has 0 amide bonds. The van der Waals surface area contributed by atoms with Gasteiger partial charge in [0, 0.05) is 24.7 Å². The first-order valence-corrected chi connectivity index (χ1v) is 9.44. The number of hydrogen-bond donors (Lipinski definition) is 2. The Balaban J connectivity index is 2.52. The molecule has 1 aromatic rings. The smallest absolute Gasteiger partial charge is 0.354 e. The van der Waals surface area contributed by atoms with Crippen molar-refractivity contribution in [1.82, 2.24) is 9.88 Å². The van der Waals surface area contributed by atoms with Crippen LogP contribution in [0.1, 0.15) is 57.4 Å². The first-order valence-electron chi connectivity index (χ1n) is 9.03. The zero-order valence-electron chi connectivity index (χ0n) is 15.5. The highest BCUT2D eigenvalue weighted by Crippen LogP contribution is 2.20. The fourth-order valence-corrected chi connectivity index (χ4v) is 3.37. The van der Waals surface area contributed by atoms with E-state index in [1.807, 2.05) is 6.92 Å². The minimum absolute atomic E-state index is 0.223. The van der Waals surface area contributed by atoms with Crippen LogP contribution in [-0.2, 0) is 4.74 Å². The monoisotopic (exact) mass is 364 g/mol. The summed E-state index contributed by atoms with van der Waals surface area (Å²) in [6, 6.07) is 1.76. The Hall–Kier alpha value is -1.82. The average molecular weight is 365 g/mol. The predicted octanol–water partition coefficient (Wildman–Crippen LogP) is 2.50. The van der Waals surface area contributed by atoms with Crippen molar-refractivity contribution in [2.24, 2.45) is 5.92 Å². The Morgan fingerprint density at radius 2 is 2.16 bits per heavy atom. The van der Waals surface area contributed by atoms with Crippen molar-refractivity contribution in [3.05, 3.63) is 22.3 Å². The number of likely N-dealkylation sites (tertiary alicyclic amines) is 1. The van der Waals surface area contributed by atoms with Crippen LogP contribution < -0.4 is 10.6 Å². The van der Waals surface area contributed by atoms with Gasteiger partial charge < -0.3 is 19.7 Å².